The second-order valence-electron chi connectivity index (χ2n) is 16.8. The van der Waals surface area contributed by atoms with E-state index in [0.29, 0.717) is 0 Å². The largest absolute Gasteiger partial charge is 0.310 e. The summed E-state index contributed by atoms with van der Waals surface area (Å²) in [6.07, 6.45) is 7.10. The third kappa shape index (κ3) is 7.37. The van der Waals surface area contributed by atoms with E-state index in [1.807, 2.05) is 0 Å². The van der Waals surface area contributed by atoms with Gasteiger partial charge in [0.1, 0.15) is 0 Å². The van der Waals surface area contributed by atoms with Gasteiger partial charge in [-0.15, -0.1) is 0 Å². The van der Waals surface area contributed by atoms with Gasteiger partial charge in [0.15, 0.2) is 0 Å². The van der Waals surface area contributed by atoms with Gasteiger partial charge in [0.05, 0.1) is 11.4 Å². The standard InChI is InChI=1S/C53H60N2/c1-11-13-15-41-29-37(5)51(38(6)30-41)54(43-21-17-35(3)18-22-43)45-25-27-47-48-28-26-46(34-50(48)53(9,10)49(47)33-45)55(44-23-19-36(4)20-24-44)52-39(7)31-42(16-14-12-2)32-40(52)8/h17-34H,11-16H2,1-10H3. The van der Waals surface area contributed by atoms with Crippen molar-refractivity contribution in [3.63, 3.8) is 0 Å². The van der Waals surface area contributed by atoms with Gasteiger partial charge in [-0.05, 0) is 171 Å². The quantitative estimate of drug-likeness (QED) is 0.124. The first-order valence-electron chi connectivity index (χ1n) is 20.6. The molecule has 55 heavy (non-hydrogen) atoms. The van der Waals surface area contributed by atoms with Crippen LogP contribution in [-0.2, 0) is 18.3 Å². The highest BCUT2D eigenvalue weighted by Crippen LogP contribution is 2.53. The van der Waals surface area contributed by atoms with Crippen molar-refractivity contribution < 1.29 is 0 Å². The molecular weight excluding hydrogens is 665 g/mol. The van der Waals surface area contributed by atoms with Gasteiger partial charge in [0.2, 0.25) is 0 Å². The van der Waals surface area contributed by atoms with Crippen molar-refractivity contribution in [2.75, 3.05) is 9.80 Å². The zero-order valence-electron chi connectivity index (χ0n) is 35.0. The SMILES string of the molecule is CCCCc1cc(C)c(N(c2ccc(C)cc2)c2ccc3c(c2)C(C)(C)c2cc(N(c4ccc(C)cc4)c4c(C)cc(CCCC)cc4C)ccc2-3)c(C)c1. The molecule has 7 rings (SSSR count). The van der Waals surface area contributed by atoms with Crippen LogP contribution in [0.15, 0.2) is 109 Å². The normalized spacial score (nSPS) is 12.8. The fourth-order valence-electron chi connectivity index (χ4n) is 9.04. The van der Waals surface area contributed by atoms with E-state index in [0.717, 1.165) is 12.8 Å². The smallest absolute Gasteiger partial charge is 0.0520 e. The highest BCUT2D eigenvalue weighted by atomic mass is 15.2. The molecule has 0 aliphatic heterocycles. The van der Waals surface area contributed by atoms with E-state index >= 15 is 0 Å². The summed E-state index contributed by atoms with van der Waals surface area (Å²) in [5.74, 6) is 0. The summed E-state index contributed by atoms with van der Waals surface area (Å²) < 4.78 is 0. The van der Waals surface area contributed by atoms with Gasteiger partial charge in [0, 0.05) is 28.2 Å². The van der Waals surface area contributed by atoms with E-state index in [4.69, 9.17) is 0 Å². The molecule has 0 amide bonds. The lowest BCUT2D eigenvalue weighted by Gasteiger charge is -2.31. The first kappa shape index (κ1) is 38.2. The minimum Gasteiger partial charge on any atom is -0.310 e. The van der Waals surface area contributed by atoms with Crippen molar-refractivity contribution in [1.29, 1.82) is 0 Å². The number of nitrogens with zero attached hydrogens (tertiary/aromatic N) is 2. The molecular formula is C53H60N2. The predicted octanol–water partition coefficient (Wildman–Crippen LogP) is 15.5. The maximum absolute atomic E-state index is 2.49. The Morgan fingerprint density at radius 3 is 1.07 bits per heavy atom. The molecule has 0 aromatic heterocycles. The number of aryl methyl sites for hydroxylation is 8. The number of unbranched alkanes of at least 4 members (excludes halogenated alkanes) is 2. The zero-order valence-corrected chi connectivity index (χ0v) is 35.0. The van der Waals surface area contributed by atoms with Gasteiger partial charge in [-0.3, -0.25) is 0 Å². The number of hydrogen-bond donors (Lipinski definition) is 0. The summed E-state index contributed by atoms with van der Waals surface area (Å²) in [7, 11) is 0. The second kappa shape index (κ2) is 15.6. The highest BCUT2D eigenvalue weighted by molar-refractivity contribution is 5.89. The van der Waals surface area contributed by atoms with Crippen LogP contribution in [0.2, 0.25) is 0 Å². The van der Waals surface area contributed by atoms with Crippen LogP contribution < -0.4 is 9.80 Å². The molecule has 1 aliphatic carbocycles. The number of anilines is 6. The molecule has 0 fully saturated rings. The van der Waals surface area contributed by atoms with E-state index in [-0.39, 0.29) is 5.41 Å². The van der Waals surface area contributed by atoms with Gasteiger partial charge in [-0.2, -0.15) is 0 Å². The first-order chi connectivity index (χ1) is 26.4. The molecule has 0 atom stereocenters. The van der Waals surface area contributed by atoms with Crippen molar-refractivity contribution in [3.05, 3.63) is 165 Å². The predicted molar refractivity (Wildman–Crippen MR) is 239 cm³/mol. The van der Waals surface area contributed by atoms with Crippen LogP contribution in [-0.4, -0.2) is 0 Å². The molecule has 0 bridgehead atoms. The Labute approximate surface area is 331 Å². The van der Waals surface area contributed by atoms with Gasteiger partial charge >= 0.3 is 0 Å². The monoisotopic (exact) mass is 724 g/mol. The van der Waals surface area contributed by atoms with Gasteiger partial charge in [-0.1, -0.05) is 112 Å². The molecule has 6 aromatic rings. The first-order valence-corrected chi connectivity index (χ1v) is 20.6. The van der Waals surface area contributed by atoms with Crippen LogP contribution in [0, 0.1) is 41.5 Å². The Kier molecular flexibility index (Phi) is 10.8. The molecule has 1 aliphatic rings. The summed E-state index contributed by atoms with van der Waals surface area (Å²) in [4.78, 5) is 4.99. The summed E-state index contributed by atoms with van der Waals surface area (Å²) in [6.45, 7) is 22.9. The number of benzene rings is 6. The van der Waals surface area contributed by atoms with E-state index in [1.165, 1.54) is 127 Å². The van der Waals surface area contributed by atoms with E-state index in [2.05, 4.69) is 188 Å². The lowest BCUT2D eigenvalue weighted by molar-refractivity contribution is 0.660. The van der Waals surface area contributed by atoms with Gasteiger partial charge < -0.3 is 9.80 Å². The Hall–Kier alpha value is -5.08. The average molecular weight is 725 g/mol. The van der Waals surface area contributed by atoms with Crippen molar-refractivity contribution in [3.8, 4) is 11.1 Å². The maximum Gasteiger partial charge on any atom is 0.0520 e. The van der Waals surface area contributed by atoms with E-state index < -0.39 is 0 Å². The highest BCUT2D eigenvalue weighted by Gasteiger charge is 2.37. The number of hydrogen-bond acceptors (Lipinski definition) is 2. The topological polar surface area (TPSA) is 6.48 Å². The molecule has 0 saturated carbocycles. The van der Waals surface area contributed by atoms with Crippen LogP contribution in [0.4, 0.5) is 34.1 Å². The number of rotatable bonds is 12. The molecule has 0 spiro atoms. The molecule has 0 N–H and O–H groups in total. The fraction of sp³-hybridized carbons (Fsp3) is 0.321. The van der Waals surface area contributed by atoms with Gasteiger partial charge in [-0.25, -0.2) is 0 Å². The van der Waals surface area contributed by atoms with Crippen LogP contribution >= 0.6 is 0 Å². The molecule has 2 nitrogen and oxygen atoms in total. The lowest BCUT2D eigenvalue weighted by atomic mass is 9.82. The summed E-state index contributed by atoms with van der Waals surface area (Å²) >= 11 is 0. The molecule has 0 heterocycles. The average Bonchev–Trinajstić information content (AvgIpc) is 3.38. The van der Waals surface area contributed by atoms with Crippen LogP contribution in [0.25, 0.3) is 11.1 Å². The van der Waals surface area contributed by atoms with E-state index in [9.17, 15) is 0 Å². The maximum atomic E-state index is 2.49. The lowest BCUT2D eigenvalue weighted by Crippen LogP contribution is -2.18. The summed E-state index contributed by atoms with van der Waals surface area (Å²) in [5.41, 5.74) is 23.2. The number of fused-ring (bicyclic) bond motifs is 3. The van der Waals surface area contributed by atoms with E-state index in [1.54, 1.807) is 0 Å². The Morgan fingerprint density at radius 2 is 0.745 bits per heavy atom. The molecule has 282 valence electrons. The minimum absolute atomic E-state index is 0.198. The molecule has 6 aromatic carbocycles. The fourth-order valence-corrected chi connectivity index (χ4v) is 9.04. The Morgan fingerprint density at radius 1 is 0.418 bits per heavy atom. The van der Waals surface area contributed by atoms with Crippen molar-refractivity contribution in [2.24, 2.45) is 0 Å². The van der Waals surface area contributed by atoms with Crippen LogP contribution in [0.1, 0.15) is 109 Å². The second-order valence-corrected chi connectivity index (χ2v) is 16.8. The Bertz CT molecular complexity index is 2110. The van der Waals surface area contributed by atoms with Crippen molar-refractivity contribution in [2.45, 2.75) is 113 Å². The van der Waals surface area contributed by atoms with Crippen molar-refractivity contribution in [1.82, 2.24) is 0 Å². The molecule has 0 saturated heterocycles. The minimum atomic E-state index is -0.198. The Balaban J connectivity index is 1.34. The summed E-state index contributed by atoms with van der Waals surface area (Å²) in [6, 6.07) is 42.1. The van der Waals surface area contributed by atoms with Crippen molar-refractivity contribution >= 4 is 34.1 Å². The van der Waals surface area contributed by atoms with Gasteiger partial charge in [0.25, 0.3) is 0 Å². The third-order valence-electron chi connectivity index (χ3n) is 11.9. The van der Waals surface area contributed by atoms with Crippen LogP contribution in [0.5, 0.6) is 0 Å². The summed E-state index contributed by atoms with van der Waals surface area (Å²) in [5, 5.41) is 0. The third-order valence-corrected chi connectivity index (χ3v) is 11.9. The molecule has 0 radical (unpaired) electrons. The zero-order chi connectivity index (χ0) is 39.0. The molecule has 0 unspecified atom stereocenters. The molecule has 2 heteroatoms. The van der Waals surface area contributed by atoms with Crippen LogP contribution in [0.3, 0.4) is 0 Å².